The van der Waals surface area contributed by atoms with Gasteiger partial charge in [0.05, 0.1) is 6.61 Å². The molecule has 0 radical (unpaired) electrons. The van der Waals surface area contributed by atoms with E-state index in [1.54, 1.807) is 0 Å². The van der Waals surface area contributed by atoms with Crippen molar-refractivity contribution in [2.24, 2.45) is 23.7 Å². The average molecular weight is 290 g/mol. The van der Waals surface area contributed by atoms with Crippen molar-refractivity contribution in [3.05, 3.63) is 24.3 Å². The molecule has 3 aliphatic rings. The first-order valence-electron chi connectivity index (χ1n) is 7.72. The Morgan fingerprint density at radius 3 is 2.76 bits per heavy atom. The quantitative estimate of drug-likeness (QED) is 0.454. The summed E-state index contributed by atoms with van der Waals surface area (Å²) in [6, 6.07) is 0. The van der Waals surface area contributed by atoms with Crippen LogP contribution in [0.15, 0.2) is 24.3 Å². The Kier molecular flexibility index (Phi) is 3.74. The normalized spacial score (nSPS) is 39.0. The second-order valence-electron chi connectivity index (χ2n) is 6.32. The highest BCUT2D eigenvalue weighted by Gasteiger charge is 2.55. The van der Waals surface area contributed by atoms with Gasteiger partial charge in [-0.2, -0.15) is 0 Å². The van der Waals surface area contributed by atoms with Crippen molar-refractivity contribution in [3.63, 3.8) is 0 Å². The lowest BCUT2D eigenvalue weighted by molar-refractivity contribution is -0.144. The molecule has 4 nitrogen and oxygen atoms in total. The number of carbonyl (C=O) groups is 2. The van der Waals surface area contributed by atoms with Gasteiger partial charge in [-0.3, -0.25) is 4.79 Å². The monoisotopic (exact) mass is 290 g/mol. The summed E-state index contributed by atoms with van der Waals surface area (Å²) in [6.07, 6.45) is 1.96. The molecule has 3 fully saturated rings. The van der Waals surface area contributed by atoms with Crippen LogP contribution < -0.4 is 0 Å². The van der Waals surface area contributed by atoms with Crippen LogP contribution in [0.1, 0.15) is 26.2 Å². The zero-order valence-electron chi connectivity index (χ0n) is 12.5. The largest absolute Gasteiger partial charge is 0.458 e. The number of hydrogen-bond acceptors (Lipinski definition) is 4. The molecule has 21 heavy (non-hydrogen) atoms. The minimum absolute atomic E-state index is 0.00671. The summed E-state index contributed by atoms with van der Waals surface area (Å²) in [5.41, 5.74) is 1.67. The van der Waals surface area contributed by atoms with E-state index in [2.05, 4.69) is 13.2 Å². The number of ether oxygens (including phenoxy) is 2. The molecule has 0 amide bonds. The highest BCUT2D eigenvalue weighted by atomic mass is 16.6. The van der Waals surface area contributed by atoms with E-state index in [1.807, 2.05) is 6.92 Å². The standard InChI is InChI=1S/C17H22O4/c1-4-20-8-13-14(18)7-12-9(2)5-6-11-10(3)17(19)21-16(11)15(12)13/h11-13,15-16H,2-8H2,1H3/t11-,12-,13+,15+,16-/m0/s1. The molecule has 3 rings (SSSR count). The third kappa shape index (κ3) is 2.26. The number of fused-ring (bicyclic) bond motifs is 3. The van der Waals surface area contributed by atoms with Crippen LogP contribution in [0.5, 0.6) is 0 Å². The number of Topliss-reactive ketones (excluding diaryl/α,β-unsaturated/α-hetero) is 1. The lowest BCUT2D eigenvalue weighted by Crippen LogP contribution is -2.35. The third-order valence-corrected chi connectivity index (χ3v) is 5.30. The zero-order valence-corrected chi connectivity index (χ0v) is 12.5. The molecule has 2 aliphatic carbocycles. The molecule has 2 saturated carbocycles. The van der Waals surface area contributed by atoms with E-state index in [0.29, 0.717) is 25.2 Å². The van der Waals surface area contributed by atoms with Gasteiger partial charge in [-0.15, -0.1) is 0 Å². The second kappa shape index (κ2) is 5.41. The molecule has 0 bridgehead atoms. The molecule has 1 heterocycles. The molecule has 0 aromatic rings. The van der Waals surface area contributed by atoms with Crippen LogP contribution in [-0.2, 0) is 19.1 Å². The van der Waals surface area contributed by atoms with Gasteiger partial charge in [0.25, 0.3) is 0 Å². The number of allylic oxidation sites excluding steroid dienone is 1. The fourth-order valence-electron chi connectivity index (χ4n) is 4.17. The lowest BCUT2D eigenvalue weighted by atomic mass is 9.79. The third-order valence-electron chi connectivity index (χ3n) is 5.30. The fraction of sp³-hybridized carbons (Fsp3) is 0.647. The van der Waals surface area contributed by atoms with Gasteiger partial charge >= 0.3 is 5.97 Å². The minimum atomic E-state index is -0.300. The predicted molar refractivity (Wildman–Crippen MR) is 77.5 cm³/mol. The highest BCUT2D eigenvalue weighted by molar-refractivity contribution is 5.91. The first kappa shape index (κ1) is 14.5. The van der Waals surface area contributed by atoms with E-state index in [9.17, 15) is 9.59 Å². The van der Waals surface area contributed by atoms with Gasteiger partial charge < -0.3 is 9.47 Å². The molecule has 0 unspecified atom stereocenters. The Balaban J connectivity index is 1.93. The molecular weight excluding hydrogens is 268 g/mol. The topological polar surface area (TPSA) is 52.6 Å². The van der Waals surface area contributed by atoms with Crippen molar-refractivity contribution < 1.29 is 19.1 Å². The fourth-order valence-corrected chi connectivity index (χ4v) is 4.17. The van der Waals surface area contributed by atoms with E-state index < -0.39 is 0 Å². The molecule has 1 saturated heterocycles. The van der Waals surface area contributed by atoms with Gasteiger partial charge in [-0.25, -0.2) is 4.79 Å². The van der Waals surface area contributed by atoms with Gasteiger partial charge in [-0.1, -0.05) is 18.7 Å². The van der Waals surface area contributed by atoms with Crippen LogP contribution in [0, 0.1) is 23.7 Å². The number of esters is 1. The van der Waals surface area contributed by atoms with Gasteiger partial charge in [0.15, 0.2) is 0 Å². The molecule has 0 N–H and O–H groups in total. The van der Waals surface area contributed by atoms with Crippen molar-refractivity contribution in [1.82, 2.24) is 0 Å². The highest BCUT2D eigenvalue weighted by Crippen LogP contribution is 2.51. The summed E-state index contributed by atoms with van der Waals surface area (Å²) < 4.78 is 11.1. The number of hydrogen-bond donors (Lipinski definition) is 0. The lowest BCUT2D eigenvalue weighted by Gasteiger charge is -2.29. The number of carbonyl (C=O) groups excluding carboxylic acids is 2. The minimum Gasteiger partial charge on any atom is -0.458 e. The van der Waals surface area contributed by atoms with Crippen molar-refractivity contribution in [1.29, 1.82) is 0 Å². The molecule has 0 aromatic heterocycles. The molecule has 0 aromatic carbocycles. The summed E-state index contributed by atoms with van der Waals surface area (Å²) in [7, 11) is 0. The first-order chi connectivity index (χ1) is 10.0. The summed E-state index contributed by atoms with van der Waals surface area (Å²) in [5.74, 6) is -0.112. The van der Waals surface area contributed by atoms with Crippen molar-refractivity contribution in [2.75, 3.05) is 13.2 Å². The van der Waals surface area contributed by atoms with Crippen LogP contribution in [0.25, 0.3) is 0 Å². The number of ketones is 1. The Bertz CT molecular complexity index is 507. The maximum atomic E-state index is 12.4. The van der Waals surface area contributed by atoms with E-state index in [0.717, 1.165) is 18.4 Å². The summed E-state index contributed by atoms with van der Waals surface area (Å²) in [6.45, 7) is 11.0. The maximum Gasteiger partial charge on any atom is 0.334 e. The summed E-state index contributed by atoms with van der Waals surface area (Å²) >= 11 is 0. The average Bonchev–Trinajstić information content (AvgIpc) is 2.88. The van der Waals surface area contributed by atoms with E-state index >= 15 is 0 Å². The Morgan fingerprint density at radius 1 is 1.29 bits per heavy atom. The second-order valence-corrected chi connectivity index (χ2v) is 6.32. The van der Waals surface area contributed by atoms with E-state index in [4.69, 9.17) is 9.47 Å². The van der Waals surface area contributed by atoms with Crippen molar-refractivity contribution in [3.8, 4) is 0 Å². The van der Waals surface area contributed by atoms with Gasteiger partial charge in [0.2, 0.25) is 0 Å². The van der Waals surface area contributed by atoms with Gasteiger partial charge in [0, 0.05) is 36.4 Å². The molecule has 4 heteroatoms. The maximum absolute atomic E-state index is 12.4. The molecular formula is C17H22O4. The molecule has 0 spiro atoms. The van der Waals surface area contributed by atoms with Crippen molar-refractivity contribution >= 4 is 11.8 Å². The van der Waals surface area contributed by atoms with Gasteiger partial charge in [-0.05, 0) is 25.7 Å². The zero-order chi connectivity index (χ0) is 15.1. The Morgan fingerprint density at radius 2 is 2.05 bits per heavy atom. The Hall–Kier alpha value is -1.42. The smallest absolute Gasteiger partial charge is 0.334 e. The van der Waals surface area contributed by atoms with E-state index in [1.165, 1.54) is 0 Å². The van der Waals surface area contributed by atoms with Crippen LogP contribution in [0.4, 0.5) is 0 Å². The summed E-state index contributed by atoms with van der Waals surface area (Å²) in [4.78, 5) is 24.2. The predicted octanol–water partition coefficient (Wildman–Crippen LogP) is 2.29. The van der Waals surface area contributed by atoms with Crippen molar-refractivity contribution in [2.45, 2.75) is 32.3 Å². The van der Waals surface area contributed by atoms with Crippen LogP contribution in [-0.4, -0.2) is 31.1 Å². The number of rotatable bonds is 3. The summed E-state index contributed by atoms with van der Waals surface area (Å²) in [5, 5.41) is 0. The van der Waals surface area contributed by atoms with E-state index in [-0.39, 0.29) is 41.5 Å². The van der Waals surface area contributed by atoms with Crippen LogP contribution >= 0.6 is 0 Å². The first-order valence-corrected chi connectivity index (χ1v) is 7.72. The van der Waals surface area contributed by atoms with Crippen LogP contribution in [0.2, 0.25) is 0 Å². The van der Waals surface area contributed by atoms with Gasteiger partial charge in [0.1, 0.15) is 11.9 Å². The SMILES string of the molecule is C=C1C(=O)O[C@@H]2[C@H]3[C@H](COCC)C(=O)C[C@H]3C(=C)CC[C@@H]12. The Labute approximate surface area is 125 Å². The molecule has 1 aliphatic heterocycles. The molecule has 5 atom stereocenters. The molecule has 114 valence electrons. The van der Waals surface area contributed by atoms with Crippen LogP contribution in [0.3, 0.4) is 0 Å².